The second kappa shape index (κ2) is 8.05. The molecule has 2 atom stereocenters. The predicted octanol–water partition coefficient (Wildman–Crippen LogP) is 4.19. The fraction of sp³-hybridized carbons (Fsp3) is 0.222. The lowest BCUT2D eigenvalue weighted by atomic mass is 9.97. The third-order valence-corrected chi connectivity index (χ3v) is 6.47. The molecule has 1 unspecified atom stereocenters. The van der Waals surface area contributed by atoms with Gasteiger partial charge in [0.25, 0.3) is 0 Å². The average molecular weight is 413 g/mol. The Morgan fingerprint density at radius 3 is 2.42 bits per heavy atom. The summed E-state index contributed by atoms with van der Waals surface area (Å²) in [6.45, 7) is 5.57. The summed E-state index contributed by atoms with van der Waals surface area (Å²) in [6.07, 6.45) is 0.570. The van der Waals surface area contributed by atoms with Crippen molar-refractivity contribution in [2.75, 3.05) is 6.73 Å². The largest absolute Gasteiger partial charge is 0.445 e. The van der Waals surface area contributed by atoms with Gasteiger partial charge in [-0.1, -0.05) is 60.7 Å². The van der Waals surface area contributed by atoms with Crippen molar-refractivity contribution < 1.29 is 14.1 Å². The summed E-state index contributed by atoms with van der Waals surface area (Å²) in [4.78, 5) is 14.3. The van der Waals surface area contributed by atoms with Crippen molar-refractivity contribution >= 4 is 11.0 Å². The standard InChI is InChI=1S/C27H25NO3/c1-18-22-13-14-25-24(16-28(17-30-25)19(2)21-11-7-4-8-12-21)26(22)31-27(29)23(18)15-20-9-5-3-6-10-20/h3-14,19H,15-17H2,1-2H3/p+1/t19-/m0/s1. The molecule has 0 amide bonds. The molecule has 1 aromatic heterocycles. The first kappa shape index (κ1) is 19.6. The smallest absolute Gasteiger partial charge is 0.340 e. The lowest BCUT2D eigenvalue weighted by Crippen LogP contribution is -3.12. The molecular formula is C27H26NO3+. The van der Waals surface area contributed by atoms with Crippen LogP contribution >= 0.6 is 0 Å². The van der Waals surface area contributed by atoms with E-state index in [2.05, 4.69) is 31.2 Å². The third kappa shape index (κ3) is 3.64. The minimum Gasteiger partial charge on any atom is -0.445 e. The number of benzene rings is 3. The first-order valence-corrected chi connectivity index (χ1v) is 10.8. The molecule has 1 aliphatic heterocycles. The molecule has 0 saturated heterocycles. The quantitative estimate of drug-likeness (QED) is 0.511. The van der Waals surface area contributed by atoms with Crippen molar-refractivity contribution in [3.8, 4) is 5.75 Å². The normalized spacial score (nSPS) is 16.5. The molecule has 1 aliphatic rings. The van der Waals surface area contributed by atoms with E-state index in [1.165, 1.54) is 10.5 Å². The minimum absolute atomic E-state index is 0.259. The highest BCUT2D eigenvalue weighted by atomic mass is 16.5. The number of fused-ring (bicyclic) bond motifs is 3. The van der Waals surface area contributed by atoms with Crippen molar-refractivity contribution in [3.05, 3.63) is 111 Å². The molecule has 5 rings (SSSR count). The summed E-state index contributed by atoms with van der Waals surface area (Å²) in [6, 6.07) is 24.8. The second-order valence-electron chi connectivity index (χ2n) is 8.33. The van der Waals surface area contributed by atoms with Crippen LogP contribution < -0.4 is 15.3 Å². The van der Waals surface area contributed by atoms with Gasteiger partial charge in [-0.2, -0.15) is 0 Å². The number of nitrogens with one attached hydrogen (secondary N) is 1. The van der Waals surface area contributed by atoms with Crippen LogP contribution in [-0.4, -0.2) is 6.73 Å². The molecule has 1 N–H and O–H groups in total. The fourth-order valence-electron chi connectivity index (χ4n) is 4.50. The maximum atomic E-state index is 13.0. The van der Waals surface area contributed by atoms with E-state index >= 15 is 0 Å². The molecule has 0 saturated carbocycles. The van der Waals surface area contributed by atoms with Crippen LogP contribution in [-0.2, 0) is 13.0 Å². The highest BCUT2D eigenvalue weighted by Crippen LogP contribution is 2.31. The van der Waals surface area contributed by atoms with E-state index in [1.54, 1.807) is 0 Å². The van der Waals surface area contributed by atoms with Gasteiger partial charge >= 0.3 is 5.63 Å². The van der Waals surface area contributed by atoms with Crippen molar-refractivity contribution in [2.24, 2.45) is 0 Å². The Morgan fingerprint density at radius 2 is 1.68 bits per heavy atom. The van der Waals surface area contributed by atoms with Crippen LogP contribution in [0.3, 0.4) is 0 Å². The molecule has 4 heteroatoms. The Kier molecular flexibility index (Phi) is 5.08. The zero-order valence-electron chi connectivity index (χ0n) is 17.9. The molecule has 156 valence electrons. The Labute approximate surface area is 181 Å². The Morgan fingerprint density at radius 1 is 0.968 bits per heavy atom. The van der Waals surface area contributed by atoms with Crippen molar-refractivity contribution in [1.29, 1.82) is 0 Å². The number of ether oxygens (including phenoxy) is 1. The van der Waals surface area contributed by atoms with Gasteiger partial charge in [0, 0.05) is 22.9 Å². The number of hydrogen-bond donors (Lipinski definition) is 1. The number of quaternary nitrogens is 1. The summed E-state index contributed by atoms with van der Waals surface area (Å²) in [5, 5.41) is 0.987. The van der Waals surface area contributed by atoms with Gasteiger partial charge in [0.2, 0.25) is 6.73 Å². The maximum Gasteiger partial charge on any atom is 0.340 e. The third-order valence-electron chi connectivity index (χ3n) is 6.47. The molecule has 31 heavy (non-hydrogen) atoms. The summed E-state index contributed by atoms with van der Waals surface area (Å²) >= 11 is 0. The Bertz CT molecular complexity index is 1280. The van der Waals surface area contributed by atoms with Gasteiger partial charge in [-0.15, -0.1) is 0 Å². The Hall–Kier alpha value is -3.37. The summed E-state index contributed by atoms with van der Waals surface area (Å²) in [5.41, 5.74) is 5.46. The molecule has 4 aromatic rings. The molecular weight excluding hydrogens is 386 g/mol. The fourth-order valence-corrected chi connectivity index (χ4v) is 4.50. The predicted molar refractivity (Wildman–Crippen MR) is 121 cm³/mol. The SMILES string of the molecule is Cc1c(Cc2ccccc2)c(=O)oc2c3c(ccc12)OC[NH+]([C@@H](C)c1ccccc1)C3. The summed E-state index contributed by atoms with van der Waals surface area (Å²) in [5.74, 6) is 0.815. The van der Waals surface area contributed by atoms with E-state index < -0.39 is 0 Å². The van der Waals surface area contributed by atoms with Gasteiger partial charge in [0.15, 0.2) is 5.58 Å². The number of rotatable bonds is 4. The van der Waals surface area contributed by atoms with Crippen LogP contribution in [0.25, 0.3) is 11.0 Å². The molecule has 0 fully saturated rings. The monoisotopic (exact) mass is 412 g/mol. The Balaban J connectivity index is 1.54. The molecule has 0 spiro atoms. The second-order valence-corrected chi connectivity index (χ2v) is 8.33. The van der Waals surface area contributed by atoms with E-state index in [0.29, 0.717) is 18.7 Å². The van der Waals surface area contributed by atoms with Gasteiger partial charge in [0.05, 0.1) is 5.56 Å². The molecule has 2 heterocycles. The van der Waals surface area contributed by atoms with Crippen LogP contribution in [0.4, 0.5) is 0 Å². The lowest BCUT2D eigenvalue weighted by molar-refractivity contribution is -0.960. The van der Waals surface area contributed by atoms with Gasteiger partial charge < -0.3 is 9.15 Å². The van der Waals surface area contributed by atoms with Crippen molar-refractivity contribution in [3.63, 3.8) is 0 Å². The number of hydrogen-bond acceptors (Lipinski definition) is 3. The van der Waals surface area contributed by atoms with E-state index in [4.69, 9.17) is 9.15 Å². The maximum absolute atomic E-state index is 13.0. The van der Waals surface area contributed by atoms with Crippen molar-refractivity contribution in [2.45, 2.75) is 32.9 Å². The van der Waals surface area contributed by atoms with Crippen LogP contribution in [0.2, 0.25) is 0 Å². The topological polar surface area (TPSA) is 43.9 Å². The molecule has 3 aromatic carbocycles. The first-order chi connectivity index (χ1) is 15.1. The van der Waals surface area contributed by atoms with Crippen molar-refractivity contribution in [1.82, 2.24) is 0 Å². The van der Waals surface area contributed by atoms with Gasteiger partial charge in [-0.05, 0) is 37.1 Å². The van der Waals surface area contributed by atoms with Gasteiger partial charge in [0.1, 0.15) is 18.3 Å². The lowest BCUT2D eigenvalue weighted by Gasteiger charge is -2.31. The van der Waals surface area contributed by atoms with Gasteiger partial charge in [-0.25, -0.2) is 4.79 Å². The van der Waals surface area contributed by atoms with Crippen LogP contribution in [0.5, 0.6) is 5.75 Å². The van der Waals surface area contributed by atoms with E-state index in [9.17, 15) is 4.79 Å². The van der Waals surface area contributed by atoms with E-state index in [1.807, 2.05) is 55.5 Å². The zero-order valence-corrected chi connectivity index (χ0v) is 17.9. The highest BCUT2D eigenvalue weighted by Gasteiger charge is 2.29. The van der Waals surface area contributed by atoms with Crippen LogP contribution in [0, 0.1) is 6.92 Å². The van der Waals surface area contributed by atoms with Crippen LogP contribution in [0.1, 0.15) is 40.8 Å². The zero-order chi connectivity index (χ0) is 21.4. The minimum atomic E-state index is -0.259. The average Bonchev–Trinajstić information content (AvgIpc) is 2.82. The molecule has 0 bridgehead atoms. The van der Waals surface area contributed by atoms with E-state index in [0.717, 1.165) is 39.9 Å². The highest BCUT2D eigenvalue weighted by molar-refractivity contribution is 5.86. The molecule has 0 radical (unpaired) electrons. The summed E-state index contributed by atoms with van der Waals surface area (Å²) < 4.78 is 12.0. The summed E-state index contributed by atoms with van der Waals surface area (Å²) in [7, 11) is 0. The first-order valence-electron chi connectivity index (χ1n) is 10.8. The molecule has 0 aliphatic carbocycles. The van der Waals surface area contributed by atoms with Crippen LogP contribution in [0.15, 0.2) is 82.0 Å². The molecule has 4 nitrogen and oxygen atoms in total. The number of aryl methyl sites for hydroxylation is 1. The van der Waals surface area contributed by atoms with Gasteiger partial charge in [-0.3, -0.25) is 4.90 Å². The van der Waals surface area contributed by atoms with E-state index in [-0.39, 0.29) is 11.7 Å².